The highest BCUT2D eigenvalue weighted by Gasteiger charge is 2.22. The Balaban J connectivity index is 1.45. The van der Waals surface area contributed by atoms with Gasteiger partial charge in [-0.2, -0.15) is 0 Å². The fourth-order valence-corrected chi connectivity index (χ4v) is 3.97. The van der Waals surface area contributed by atoms with Gasteiger partial charge < -0.3 is 10.3 Å². The van der Waals surface area contributed by atoms with Gasteiger partial charge in [-0.15, -0.1) is 0 Å². The lowest BCUT2D eigenvalue weighted by Crippen LogP contribution is -2.41. The molecule has 0 aliphatic carbocycles. The van der Waals surface area contributed by atoms with Crippen LogP contribution < -0.4 is 10.9 Å². The van der Waals surface area contributed by atoms with Crippen molar-refractivity contribution in [1.82, 2.24) is 15.2 Å². The molecule has 2 heterocycles. The number of carbonyl (C=O) groups excluding carboxylic acids is 1. The number of nitrogens with zero attached hydrogens (tertiary/aromatic N) is 1. The second-order valence-electron chi connectivity index (χ2n) is 7.82. The van der Waals surface area contributed by atoms with Crippen molar-refractivity contribution in [3.8, 4) is 0 Å². The van der Waals surface area contributed by atoms with E-state index in [-0.39, 0.29) is 17.5 Å². The Hall–Kier alpha value is -2.40. The van der Waals surface area contributed by atoms with E-state index >= 15 is 0 Å². The normalized spacial score (nSPS) is 16.6. The molecular weight excluding hydrogens is 350 g/mol. The van der Waals surface area contributed by atoms with Gasteiger partial charge in [0.15, 0.2) is 0 Å². The van der Waals surface area contributed by atoms with Crippen LogP contribution in [0, 0.1) is 0 Å². The molecule has 5 nitrogen and oxygen atoms in total. The van der Waals surface area contributed by atoms with E-state index in [2.05, 4.69) is 46.4 Å². The smallest absolute Gasteiger partial charge is 0.248 e. The summed E-state index contributed by atoms with van der Waals surface area (Å²) in [5, 5.41) is 3.12. The number of benzene rings is 1. The molecule has 1 atom stereocenters. The molecule has 0 spiro atoms. The third-order valence-electron chi connectivity index (χ3n) is 5.62. The second-order valence-corrected chi connectivity index (χ2v) is 7.82. The Labute approximate surface area is 167 Å². The van der Waals surface area contributed by atoms with Gasteiger partial charge in [-0.1, -0.05) is 37.6 Å². The van der Waals surface area contributed by atoms with Crippen LogP contribution in [0.5, 0.6) is 0 Å². The van der Waals surface area contributed by atoms with Crippen LogP contribution in [-0.4, -0.2) is 35.4 Å². The summed E-state index contributed by atoms with van der Waals surface area (Å²) in [6.07, 6.45) is 5.90. The number of piperidine rings is 1. The monoisotopic (exact) mass is 381 g/mol. The number of aryl methyl sites for hydroxylation is 1. The Morgan fingerprint density at radius 3 is 2.57 bits per heavy atom. The van der Waals surface area contributed by atoms with Gasteiger partial charge in [-0.3, -0.25) is 14.5 Å². The summed E-state index contributed by atoms with van der Waals surface area (Å²) in [6.45, 7) is 6.40. The highest BCUT2D eigenvalue weighted by Crippen LogP contribution is 2.26. The molecule has 3 rings (SSSR count). The first kappa shape index (κ1) is 20.3. The van der Waals surface area contributed by atoms with E-state index < -0.39 is 0 Å². The number of hydrogen-bond donors (Lipinski definition) is 2. The molecule has 1 saturated heterocycles. The first-order valence-corrected chi connectivity index (χ1v) is 10.3. The minimum Gasteiger partial charge on any atom is -0.348 e. The lowest BCUT2D eigenvalue weighted by molar-refractivity contribution is -0.123. The van der Waals surface area contributed by atoms with E-state index in [4.69, 9.17) is 0 Å². The lowest BCUT2D eigenvalue weighted by Gasteiger charge is -2.31. The molecule has 1 aliphatic heterocycles. The van der Waals surface area contributed by atoms with Crippen LogP contribution in [0.15, 0.2) is 47.4 Å². The van der Waals surface area contributed by atoms with Crippen molar-refractivity contribution in [2.75, 3.05) is 19.6 Å². The first-order chi connectivity index (χ1) is 13.5. The molecule has 5 heteroatoms. The number of H-pyrrole nitrogens is 1. The number of likely N-dealkylation sites (tertiary alicyclic amines) is 1. The van der Waals surface area contributed by atoms with Crippen molar-refractivity contribution in [2.45, 2.75) is 51.5 Å². The van der Waals surface area contributed by atoms with Crippen LogP contribution in [0.4, 0.5) is 0 Å². The topological polar surface area (TPSA) is 65.2 Å². The predicted molar refractivity (Wildman–Crippen MR) is 112 cm³/mol. The Morgan fingerprint density at radius 1 is 1.21 bits per heavy atom. The molecule has 1 amide bonds. The van der Waals surface area contributed by atoms with E-state index in [1.807, 2.05) is 13.0 Å². The van der Waals surface area contributed by atoms with Crippen LogP contribution in [0.3, 0.4) is 0 Å². The molecule has 0 bridgehead atoms. The van der Waals surface area contributed by atoms with Crippen molar-refractivity contribution in [2.24, 2.45) is 0 Å². The van der Waals surface area contributed by atoms with Gasteiger partial charge in [0.05, 0.1) is 12.6 Å². The minimum atomic E-state index is -0.0454. The molecule has 150 valence electrons. The number of nitrogens with one attached hydrogen (secondary N) is 2. The van der Waals surface area contributed by atoms with Gasteiger partial charge in [0.1, 0.15) is 0 Å². The predicted octanol–water partition coefficient (Wildman–Crippen LogP) is 3.38. The van der Waals surface area contributed by atoms with Gasteiger partial charge in [-0.05, 0) is 68.0 Å². The summed E-state index contributed by atoms with van der Waals surface area (Å²) in [7, 11) is 0. The van der Waals surface area contributed by atoms with Crippen molar-refractivity contribution in [3.05, 3.63) is 69.6 Å². The standard InChI is InChI=1S/C23H31N3O2/c1-3-4-18-5-7-19(8-6-18)17(2)25-23(28)16-26-13-10-20(11-14-26)21-9-12-24-22(27)15-21/h5-9,12,15,17,20H,3-4,10-11,13-14,16H2,1-2H3,(H,24,27)(H,25,28). The number of hydrogen-bond acceptors (Lipinski definition) is 3. The maximum absolute atomic E-state index is 12.5. The number of aromatic amines is 1. The Morgan fingerprint density at radius 2 is 1.93 bits per heavy atom. The van der Waals surface area contributed by atoms with E-state index in [0.717, 1.165) is 49.9 Å². The van der Waals surface area contributed by atoms with Crippen LogP contribution in [0.2, 0.25) is 0 Å². The number of rotatable bonds is 7. The number of pyridine rings is 1. The fourth-order valence-electron chi connectivity index (χ4n) is 3.97. The van der Waals surface area contributed by atoms with Gasteiger partial charge in [0.25, 0.3) is 0 Å². The zero-order chi connectivity index (χ0) is 19.9. The Kier molecular flexibility index (Phi) is 7.04. The number of amides is 1. The third kappa shape index (κ3) is 5.55. The van der Waals surface area contributed by atoms with Gasteiger partial charge >= 0.3 is 0 Å². The van der Waals surface area contributed by atoms with Gasteiger partial charge in [0.2, 0.25) is 11.5 Å². The van der Waals surface area contributed by atoms with Gasteiger partial charge in [-0.25, -0.2) is 0 Å². The van der Waals surface area contributed by atoms with Crippen LogP contribution in [0.25, 0.3) is 0 Å². The Bertz CT molecular complexity index is 820. The molecule has 1 aromatic carbocycles. The molecule has 2 N–H and O–H groups in total. The number of carbonyl (C=O) groups is 1. The van der Waals surface area contributed by atoms with Gasteiger partial charge in [0, 0.05) is 12.3 Å². The molecule has 1 unspecified atom stereocenters. The summed E-state index contributed by atoms with van der Waals surface area (Å²) >= 11 is 0. The average molecular weight is 382 g/mol. The van der Waals surface area contributed by atoms with Crippen molar-refractivity contribution >= 4 is 5.91 Å². The quantitative estimate of drug-likeness (QED) is 0.773. The summed E-state index contributed by atoms with van der Waals surface area (Å²) in [4.78, 5) is 28.8. The lowest BCUT2D eigenvalue weighted by atomic mass is 9.90. The maximum atomic E-state index is 12.5. The summed E-state index contributed by atoms with van der Waals surface area (Å²) < 4.78 is 0. The maximum Gasteiger partial charge on any atom is 0.248 e. The van der Waals surface area contributed by atoms with E-state index in [1.54, 1.807) is 12.3 Å². The summed E-state index contributed by atoms with van der Waals surface area (Å²) in [6, 6.07) is 12.2. The van der Waals surface area contributed by atoms with Crippen molar-refractivity contribution in [1.29, 1.82) is 0 Å². The zero-order valence-corrected chi connectivity index (χ0v) is 16.9. The highest BCUT2D eigenvalue weighted by molar-refractivity contribution is 5.78. The highest BCUT2D eigenvalue weighted by atomic mass is 16.2. The van der Waals surface area contributed by atoms with Crippen LogP contribution >= 0.6 is 0 Å². The van der Waals surface area contributed by atoms with Crippen molar-refractivity contribution in [3.63, 3.8) is 0 Å². The SMILES string of the molecule is CCCc1ccc(C(C)NC(=O)CN2CCC(c3cc[nH]c(=O)c3)CC2)cc1. The van der Waals surface area contributed by atoms with Crippen LogP contribution in [0.1, 0.15) is 61.8 Å². The minimum absolute atomic E-state index is 0.0109. The average Bonchev–Trinajstić information content (AvgIpc) is 2.69. The second kappa shape index (κ2) is 9.69. The third-order valence-corrected chi connectivity index (χ3v) is 5.62. The molecule has 0 saturated carbocycles. The first-order valence-electron chi connectivity index (χ1n) is 10.3. The van der Waals surface area contributed by atoms with E-state index in [1.165, 1.54) is 5.56 Å². The largest absolute Gasteiger partial charge is 0.348 e. The molecule has 0 radical (unpaired) electrons. The molecular formula is C23H31N3O2. The summed E-state index contributed by atoms with van der Waals surface area (Å²) in [5.74, 6) is 0.474. The fraction of sp³-hybridized carbons (Fsp3) is 0.478. The van der Waals surface area contributed by atoms with Crippen LogP contribution in [-0.2, 0) is 11.2 Å². The van der Waals surface area contributed by atoms with E-state index in [9.17, 15) is 9.59 Å². The number of aromatic nitrogens is 1. The van der Waals surface area contributed by atoms with Crippen molar-refractivity contribution < 1.29 is 4.79 Å². The zero-order valence-electron chi connectivity index (χ0n) is 16.9. The molecule has 28 heavy (non-hydrogen) atoms. The van der Waals surface area contributed by atoms with E-state index in [0.29, 0.717) is 12.5 Å². The molecule has 2 aromatic rings. The molecule has 1 aliphatic rings. The summed E-state index contributed by atoms with van der Waals surface area (Å²) in [5.41, 5.74) is 3.54. The molecule has 1 fully saturated rings. The molecule has 1 aromatic heterocycles.